The lowest BCUT2D eigenvalue weighted by molar-refractivity contribution is -0.128. The zero-order valence-corrected chi connectivity index (χ0v) is 17.5. The summed E-state index contributed by atoms with van der Waals surface area (Å²) < 4.78 is 5.12. The molecule has 4 rings (SSSR count). The van der Waals surface area contributed by atoms with Crippen LogP contribution < -0.4 is 21.4 Å². The Hall–Kier alpha value is -2.14. The van der Waals surface area contributed by atoms with E-state index in [4.69, 9.17) is 4.74 Å². The minimum atomic E-state index is -0.770. The molecule has 3 amide bonds. The summed E-state index contributed by atoms with van der Waals surface area (Å²) in [5, 5.41) is 10.4. The molecule has 1 aromatic carbocycles. The van der Waals surface area contributed by atoms with Gasteiger partial charge >= 0.3 is 6.09 Å². The van der Waals surface area contributed by atoms with Crippen LogP contribution in [0.3, 0.4) is 0 Å². The zero-order chi connectivity index (χ0) is 20.9. The molecule has 3 saturated heterocycles. The Bertz CT molecular complexity index is 780. The van der Waals surface area contributed by atoms with Crippen LogP contribution in [0.15, 0.2) is 30.3 Å². The van der Waals surface area contributed by atoms with E-state index in [9.17, 15) is 14.4 Å². The second kappa shape index (κ2) is 9.78. The maximum absolute atomic E-state index is 12.8. The average Bonchev–Trinajstić information content (AvgIpc) is 3.41. The molecule has 4 N–H and O–H groups in total. The fourth-order valence-corrected chi connectivity index (χ4v) is 5.32. The van der Waals surface area contributed by atoms with Crippen molar-refractivity contribution in [3.8, 4) is 0 Å². The molecule has 3 aliphatic rings. The van der Waals surface area contributed by atoms with Crippen molar-refractivity contribution in [2.45, 2.75) is 31.0 Å². The van der Waals surface area contributed by atoms with Crippen molar-refractivity contribution in [3.05, 3.63) is 35.9 Å². The van der Waals surface area contributed by atoms with Crippen molar-refractivity contribution in [1.82, 2.24) is 26.4 Å². The van der Waals surface area contributed by atoms with Crippen molar-refractivity contribution in [3.63, 3.8) is 0 Å². The molecular weight excluding hydrogens is 406 g/mol. The number of ether oxygens (including phenoxy) is 1. The van der Waals surface area contributed by atoms with Crippen LogP contribution in [-0.2, 0) is 20.9 Å². The van der Waals surface area contributed by atoms with Gasteiger partial charge in [0.1, 0.15) is 6.61 Å². The largest absolute Gasteiger partial charge is 0.444 e. The first kappa shape index (κ1) is 21.1. The van der Waals surface area contributed by atoms with E-state index < -0.39 is 17.9 Å². The molecule has 0 aromatic heterocycles. The molecule has 9 nitrogen and oxygen atoms in total. The lowest BCUT2D eigenvalue weighted by atomic mass is 10.0. The predicted octanol–water partition coefficient (Wildman–Crippen LogP) is 0.391. The Labute approximate surface area is 179 Å². The Balaban J connectivity index is 1.25. The molecule has 162 valence electrons. The van der Waals surface area contributed by atoms with Crippen LogP contribution in [-0.4, -0.2) is 59.8 Å². The Morgan fingerprint density at radius 1 is 1.17 bits per heavy atom. The van der Waals surface area contributed by atoms with Crippen molar-refractivity contribution < 1.29 is 19.1 Å². The third-order valence-corrected chi connectivity index (χ3v) is 6.92. The number of imide groups is 1. The van der Waals surface area contributed by atoms with Crippen LogP contribution in [0.4, 0.5) is 4.79 Å². The molecule has 3 fully saturated rings. The van der Waals surface area contributed by atoms with Gasteiger partial charge in [-0.15, -0.1) is 11.8 Å². The first-order valence-corrected chi connectivity index (χ1v) is 11.3. The van der Waals surface area contributed by atoms with E-state index in [1.807, 2.05) is 30.3 Å². The highest BCUT2D eigenvalue weighted by Crippen LogP contribution is 2.31. The number of amides is 3. The van der Waals surface area contributed by atoms with Crippen molar-refractivity contribution in [1.29, 1.82) is 0 Å². The van der Waals surface area contributed by atoms with Crippen molar-refractivity contribution in [2.75, 3.05) is 25.4 Å². The molecular formula is C20H27N5O4S. The number of nitrogens with zero attached hydrogens (tertiary/aromatic N) is 1. The van der Waals surface area contributed by atoms with Crippen LogP contribution in [0, 0.1) is 11.8 Å². The van der Waals surface area contributed by atoms with Gasteiger partial charge in [0.05, 0.1) is 23.4 Å². The molecule has 10 heteroatoms. The number of carbonyl (C=O) groups excluding carboxylic acids is 3. The number of hydrazine groups is 1. The minimum Gasteiger partial charge on any atom is -0.444 e. The van der Waals surface area contributed by atoms with E-state index in [-0.39, 0.29) is 30.0 Å². The van der Waals surface area contributed by atoms with E-state index in [1.54, 1.807) is 0 Å². The summed E-state index contributed by atoms with van der Waals surface area (Å²) in [4.78, 5) is 37.3. The molecule has 0 bridgehead atoms. The highest BCUT2D eigenvalue weighted by Gasteiger charge is 2.39. The lowest BCUT2D eigenvalue weighted by Crippen LogP contribution is -2.59. The van der Waals surface area contributed by atoms with Gasteiger partial charge in [0.15, 0.2) is 0 Å². The van der Waals surface area contributed by atoms with Gasteiger partial charge in [0.25, 0.3) is 0 Å². The number of benzene rings is 1. The van der Waals surface area contributed by atoms with E-state index >= 15 is 0 Å². The summed E-state index contributed by atoms with van der Waals surface area (Å²) in [5.74, 6) is -0.379. The van der Waals surface area contributed by atoms with Gasteiger partial charge in [-0.2, -0.15) is 0 Å². The molecule has 4 atom stereocenters. The number of nitrogens with one attached hydrogen (secondary N) is 4. The number of hydrogen-bond acceptors (Lipinski definition) is 8. The zero-order valence-electron chi connectivity index (χ0n) is 16.6. The standard InChI is InChI=1S/C20H27N5O4S/c26-17(14-10-21-16-6-8-22-25(16)11-14)23-19-15(7-9-30-19)18(27)24-20(28)29-12-13-4-2-1-3-5-13/h1-5,14-16,19,21-22H,6-12H2,(H,23,26)(H,24,27,28). The van der Waals surface area contributed by atoms with Crippen LogP contribution in [0.2, 0.25) is 0 Å². The maximum Gasteiger partial charge on any atom is 0.414 e. The van der Waals surface area contributed by atoms with Gasteiger partial charge in [-0.3, -0.25) is 25.6 Å². The van der Waals surface area contributed by atoms with Gasteiger partial charge in [-0.05, 0) is 24.2 Å². The topological polar surface area (TPSA) is 112 Å². The van der Waals surface area contributed by atoms with E-state index in [1.165, 1.54) is 11.8 Å². The molecule has 0 spiro atoms. The summed E-state index contributed by atoms with van der Waals surface area (Å²) in [6, 6.07) is 9.27. The molecule has 0 aliphatic carbocycles. The van der Waals surface area contributed by atoms with Gasteiger partial charge < -0.3 is 10.1 Å². The molecule has 3 heterocycles. The van der Waals surface area contributed by atoms with E-state index in [0.717, 1.165) is 24.3 Å². The number of thioether (sulfide) groups is 1. The summed E-state index contributed by atoms with van der Waals surface area (Å²) in [6.45, 7) is 2.27. The highest BCUT2D eigenvalue weighted by atomic mass is 32.2. The Morgan fingerprint density at radius 3 is 2.83 bits per heavy atom. The monoisotopic (exact) mass is 433 g/mol. The SMILES string of the molecule is O=C(NC(=O)C1CCSC1NC(=O)C1CNC2CCNN2C1)OCc1ccccc1. The number of alkyl carbamates (subject to hydrolysis) is 1. The van der Waals surface area contributed by atoms with Gasteiger partial charge in [0, 0.05) is 19.6 Å². The average molecular weight is 434 g/mol. The Morgan fingerprint density at radius 2 is 2.00 bits per heavy atom. The minimum absolute atomic E-state index is 0.0708. The summed E-state index contributed by atoms with van der Waals surface area (Å²) >= 11 is 1.53. The smallest absolute Gasteiger partial charge is 0.414 e. The first-order chi connectivity index (χ1) is 14.6. The summed E-state index contributed by atoms with van der Waals surface area (Å²) in [6.07, 6.45) is 1.14. The van der Waals surface area contributed by atoms with Crippen LogP contribution in [0.1, 0.15) is 18.4 Å². The number of hydrogen-bond donors (Lipinski definition) is 4. The quantitative estimate of drug-likeness (QED) is 0.528. The molecule has 1 aromatic rings. The van der Waals surface area contributed by atoms with E-state index in [0.29, 0.717) is 19.5 Å². The number of carbonyl (C=O) groups is 3. The molecule has 3 aliphatic heterocycles. The van der Waals surface area contributed by atoms with Crippen LogP contribution in [0.25, 0.3) is 0 Å². The third-order valence-electron chi connectivity index (χ3n) is 5.65. The lowest BCUT2D eigenvalue weighted by Gasteiger charge is -2.35. The molecule has 30 heavy (non-hydrogen) atoms. The molecule has 4 unspecified atom stereocenters. The third kappa shape index (κ3) is 5.12. The van der Waals surface area contributed by atoms with Crippen molar-refractivity contribution in [2.24, 2.45) is 11.8 Å². The normalized spacial score (nSPS) is 28.5. The van der Waals surface area contributed by atoms with Crippen LogP contribution in [0.5, 0.6) is 0 Å². The fraction of sp³-hybridized carbons (Fsp3) is 0.550. The second-order valence-corrected chi connectivity index (χ2v) is 8.97. The summed E-state index contributed by atoms with van der Waals surface area (Å²) in [5.41, 5.74) is 4.12. The van der Waals surface area contributed by atoms with Crippen molar-refractivity contribution >= 4 is 29.7 Å². The number of fused-ring (bicyclic) bond motifs is 1. The highest BCUT2D eigenvalue weighted by molar-refractivity contribution is 8.00. The predicted molar refractivity (Wildman–Crippen MR) is 112 cm³/mol. The van der Waals surface area contributed by atoms with E-state index in [2.05, 4.69) is 26.4 Å². The van der Waals surface area contributed by atoms with Gasteiger partial charge in [-0.25, -0.2) is 9.80 Å². The number of rotatable bonds is 5. The van der Waals surface area contributed by atoms with Gasteiger partial charge in [-0.1, -0.05) is 30.3 Å². The second-order valence-electron chi connectivity index (χ2n) is 7.72. The van der Waals surface area contributed by atoms with Crippen LogP contribution >= 0.6 is 11.8 Å². The van der Waals surface area contributed by atoms with Gasteiger partial charge in [0.2, 0.25) is 11.8 Å². The maximum atomic E-state index is 12.8. The molecule has 0 saturated carbocycles. The Kier molecular flexibility index (Phi) is 6.88. The molecule has 0 radical (unpaired) electrons. The summed E-state index contributed by atoms with van der Waals surface area (Å²) in [7, 11) is 0. The first-order valence-electron chi connectivity index (χ1n) is 10.3. The fourth-order valence-electron chi connectivity index (χ4n) is 3.98.